The topological polar surface area (TPSA) is 74.2 Å². The van der Waals surface area contributed by atoms with Crippen LogP contribution in [0.5, 0.6) is 0 Å². The zero-order valence-electron chi connectivity index (χ0n) is 15.5. The average molecular weight is 360 g/mol. The lowest BCUT2D eigenvalue weighted by Gasteiger charge is -2.26. The van der Waals surface area contributed by atoms with Crippen molar-refractivity contribution in [3.8, 4) is 11.8 Å². The van der Waals surface area contributed by atoms with Gasteiger partial charge < -0.3 is 24.1 Å². The Morgan fingerprint density at radius 3 is 2.62 bits per heavy atom. The van der Waals surface area contributed by atoms with Crippen molar-refractivity contribution in [1.82, 2.24) is 0 Å². The quantitative estimate of drug-likeness (QED) is 0.468. The second-order valence-electron chi connectivity index (χ2n) is 7.61. The molecule has 0 saturated carbocycles. The standard InChI is InChI=1S/C20H24O6/c1-6-10-19(22,16-12-23-17(2,3)25-16)11-9-14-7-8-15-20(14,13-21)26-18(4,5)24-15/h7,10,13,15-16,22H,1,8,12H2,2-5H3/t15-,16+,19-,20+/m1/s1. The van der Waals surface area contributed by atoms with Crippen molar-refractivity contribution in [3.63, 3.8) is 0 Å². The van der Waals surface area contributed by atoms with Crippen molar-refractivity contribution in [3.05, 3.63) is 30.0 Å². The number of hydrogen-bond acceptors (Lipinski definition) is 6. The van der Waals surface area contributed by atoms with Crippen LogP contribution in [-0.4, -0.2) is 53.0 Å². The minimum absolute atomic E-state index is 0.170. The van der Waals surface area contributed by atoms with Crippen molar-refractivity contribution < 1.29 is 28.8 Å². The highest BCUT2D eigenvalue weighted by Crippen LogP contribution is 2.45. The minimum atomic E-state index is -1.66. The first-order valence-corrected chi connectivity index (χ1v) is 8.55. The molecule has 140 valence electrons. The predicted octanol–water partition coefficient (Wildman–Crippen LogP) is 1.63. The Labute approximate surface area is 153 Å². The Morgan fingerprint density at radius 1 is 1.31 bits per heavy atom. The largest absolute Gasteiger partial charge is 0.371 e. The van der Waals surface area contributed by atoms with E-state index in [1.165, 1.54) is 6.08 Å². The minimum Gasteiger partial charge on any atom is -0.371 e. The van der Waals surface area contributed by atoms with Gasteiger partial charge in [0.1, 0.15) is 12.2 Å². The molecule has 4 atom stereocenters. The summed E-state index contributed by atoms with van der Waals surface area (Å²) in [5.74, 6) is 4.01. The van der Waals surface area contributed by atoms with Crippen LogP contribution in [0.4, 0.5) is 0 Å². The Hall–Kier alpha value is -1.71. The van der Waals surface area contributed by atoms with Gasteiger partial charge in [-0.05, 0) is 34.1 Å². The second-order valence-corrected chi connectivity index (χ2v) is 7.61. The molecule has 3 aliphatic rings. The molecule has 0 bridgehead atoms. The molecule has 0 amide bonds. The van der Waals surface area contributed by atoms with Crippen LogP contribution in [0.25, 0.3) is 0 Å². The fourth-order valence-electron chi connectivity index (χ4n) is 3.51. The maximum atomic E-state index is 11.8. The van der Waals surface area contributed by atoms with Gasteiger partial charge in [-0.3, -0.25) is 4.79 Å². The Kier molecular flexibility index (Phi) is 4.53. The molecule has 2 heterocycles. The lowest BCUT2D eigenvalue weighted by atomic mass is 9.92. The summed E-state index contributed by atoms with van der Waals surface area (Å²) < 4.78 is 22.9. The summed E-state index contributed by atoms with van der Waals surface area (Å²) in [6.45, 7) is 10.7. The van der Waals surface area contributed by atoms with Crippen molar-refractivity contribution in [2.24, 2.45) is 0 Å². The van der Waals surface area contributed by atoms with Gasteiger partial charge in [-0.2, -0.15) is 0 Å². The number of hydrogen-bond donors (Lipinski definition) is 1. The SMILES string of the molecule is C=C=C[C@@](O)(C#CC1=CC[C@H]2OC(C)(C)O[C@@]12C=O)[C@@H]1COC(C)(C)O1. The fraction of sp³-hybridized carbons (Fsp3) is 0.600. The molecule has 0 spiro atoms. The monoisotopic (exact) mass is 360 g/mol. The van der Waals surface area contributed by atoms with Crippen molar-refractivity contribution in [1.29, 1.82) is 0 Å². The number of ether oxygens (including phenoxy) is 4. The summed E-state index contributed by atoms with van der Waals surface area (Å²) in [5.41, 5.74) is 0.125. The van der Waals surface area contributed by atoms with Crippen LogP contribution in [0.15, 0.2) is 30.0 Å². The van der Waals surface area contributed by atoms with Crippen LogP contribution in [0.1, 0.15) is 34.1 Å². The van der Waals surface area contributed by atoms with Gasteiger partial charge in [-0.25, -0.2) is 0 Å². The van der Waals surface area contributed by atoms with Gasteiger partial charge in [-0.15, -0.1) is 5.73 Å². The molecule has 0 aromatic heterocycles. The van der Waals surface area contributed by atoms with E-state index in [1.54, 1.807) is 33.8 Å². The zero-order valence-corrected chi connectivity index (χ0v) is 15.5. The van der Waals surface area contributed by atoms with Gasteiger partial charge in [0.25, 0.3) is 0 Å². The van der Waals surface area contributed by atoms with E-state index in [0.29, 0.717) is 12.0 Å². The smallest absolute Gasteiger partial charge is 0.185 e. The second kappa shape index (κ2) is 6.17. The van der Waals surface area contributed by atoms with Crippen LogP contribution in [0, 0.1) is 11.8 Å². The molecule has 0 aromatic carbocycles. The first-order chi connectivity index (χ1) is 12.1. The molecule has 2 saturated heterocycles. The van der Waals surface area contributed by atoms with Crippen LogP contribution in [0.3, 0.4) is 0 Å². The fourth-order valence-corrected chi connectivity index (χ4v) is 3.51. The number of aliphatic hydroxyl groups is 1. The van der Waals surface area contributed by atoms with E-state index in [-0.39, 0.29) is 6.61 Å². The van der Waals surface area contributed by atoms with E-state index in [1.807, 2.05) is 0 Å². The average Bonchev–Trinajstić information content (AvgIpc) is 3.14. The highest BCUT2D eigenvalue weighted by molar-refractivity contribution is 5.75. The van der Waals surface area contributed by atoms with Gasteiger partial charge in [-0.1, -0.05) is 24.5 Å². The summed E-state index contributed by atoms with van der Waals surface area (Å²) in [5, 5.41) is 11.0. The van der Waals surface area contributed by atoms with Gasteiger partial charge >= 0.3 is 0 Å². The van der Waals surface area contributed by atoms with E-state index in [0.717, 1.165) is 6.29 Å². The summed E-state index contributed by atoms with van der Waals surface area (Å²) in [6, 6.07) is 0. The van der Waals surface area contributed by atoms with Crippen molar-refractivity contribution in [2.75, 3.05) is 6.61 Å². The highest BCUT2D eigenvalue weighted by atomic mass is 16.8. The lowest BCUT2D eigenvalue weighted by molar-refractivity contribution is -0.161. The molecular formula is C20H24O6. The lowest BCUT2D eigenvalue weighted by Crippen LogP contribution is -2.43. The zero-order chi connectivity index (χ0) is 19.2. The Morgan fingerprint density at radius 2 is 2.04 bits per heavy atom. The molecule has 2 fully saturated rings. The molecule has 0 aromatic rings. The maximum Gasteiger partial charge on any atom is 0.185 e. The number of carbonyl (C=O) groups is 1. The van der Waals surface area contributed by atoms with E-state index in [9.17, 15) is 9.90 Å². The van der Waals surface area contributed by atoms with Gasteiger partial charge in [0, 0.05) is 11.6 Å². The molecule has 26 heavy (non-hydrogen) atoms. The highest BCUT2D eigenvalue weighted by Gasteiger charge is 2.58. The molecule has 1 aliphatic carbocycles. The van der Waals surface area contributed by atoms with E-state index in [4.69, 9.17) is 18.9 Å². The Balaban J connectivity index is 1.91. The van der Waals surface area contributed by atoms with Gasteiger partial charge in [0.05, 0.1) is 6.61 Å². The van der Waals surface area contributed by atoms with Gasteiger partial charge in [0.2, 0.25) is 0 Å². The molecular weight excluding hydrogens is 336 g/mol. The number of carbonyl (C=O) groups excluding carboxylic acids is 1. The molecule has 0 unspecified atom stereocenters. The molecule has 6 heteroatoms. The molecule has 2 aliphatic heterocycles. The van der Waals surface area contributed by atoms with E-state index < -0.39 is 35.0 Å². The van der Waals surface area contributed by atoms with Crippen LogP contribution >= 0.6 is 0 Å². The number of rotatable bonds is 3. The van der Waals surface area contributed by atoms with Crippen LogP contribution in [0.2, 0.25) is 0 Å². The number of aldehydes is 1. The van der Waals surface area contributed by atoms with Crippen molar-refractivity contribution >= 4 is 6.29 Å². The first kappa shape index (κ1) is 19.1. The van der Waals surface area contributed by atoms with E-state index >= 15 is 0 Å². The molecule has 6 nitrogen and oxygen atoms in total. The maximum absolute atomic E-state index is 11.8. The first-order valence-electron chi connectivity index (χ1n) is 8.55. The molecule has 3 rings (SSSR count). The van der Waals surface area contributed by atoms with Crippen LogP contribution in [-0.2, 0) is 23.7 Å². The van der Waals surface area contributed by atoms with Crippen molar-refractivity contribution in [2.45, 2.75) is 69.1 Å². The third-order valence-corrected chi connectivity index (χ3v) is 4.67. The summed E-state index contributed by atoms with van der Waals surface area (Å²) in [7, 11) is 0. The van der Waals surface area contributed by atoms with Crippen LogP contribution < -0.4 is 0 Å². The van der Waals surface area contributed by atoms with Gasteiger partial charge in [0.15, 0.2) is 29.1 Å². The third-order valence-electron chi connectivity index (χ3n) is 4.67. The summed E-state index contributed by atoms with van der Waals surface area (Å²) in [6.07, 6.45) is 3.24. The summed E-state index contributed by atoms with van der Waals surface area (Å²) >= 11 is 0. The number of fused-ring (bicyclic) bond motifs is 1. The normalized spacial score (nSPS) is 36.1. The molecule has 1 N–H and O–H groups in total. The molecule has 0 radical (unpaired) electrons. The predicted molar refractivity (Wildman–Crippen MR) is 92.9 cm³/mol. The Bertz CT molecular complexity index is 748. The third kappa shape index (κ3) is 3.19. The van der Waals surface area contributed by atoms with E-state index in [2.05, 4.69) is 24.2 Å². The summed E-state index contributed by atoms with van der Waals surface area (Å²) in [4.78, 5) is 11.8.